The predicted octanol–water partition coefficient (Wildman–Crippen LogP) is 3.35. The van der Waals surface area contributed by atoms with Crippen molar-refractivity contribution in [2.75, 3.05) is 12.3 Å². The van der Waals surface area contributed by atoms with Crippen LogP contribution in [0, 0.1) is 3.57 Å². The summed E-state index contributed by atoms with van der Waals surface area (Å²) >= 11 is 2.28. The first kappa shape index (κ1) is 13.5. The molecule has 0 aromatic carbocycles. The molecule has 0 aliphatic heterocycles. The minimum atomic E-state index is -0.281. The van der Waals surface area contributed by atoms with Gasteiger partial charge in [0.25, 0.3) is 0 Å². The lowest BCUT2D eigenvalue weighted by atomic mass is 10.0. The summed E-state index contributed by atoms with van der Waals surface area (Å²) in [5, 5.41) is 0. The number of ether oxygens (including phenoxy) is 1. The minimum Gasteiger partial charge on any atom is -0.383 e. The van der Waals surface area contributed by atoms with Crippen molar-refractivity contribution in [1.29, 1.82) is 0 Å². The van der Waals surface area contributed by atoms with E-state index in [9.17, 15) is 0 Å². The third kappa shape index (κ3) is 2.46. The van der Waals surface area contributed by atoms with Gasteiger partial charge in [-0.15, -0.1) is 0 Å². The smallest absolute Gasteiger partial charge is 0.162 e. The summed E-state index contributed by atoms with van der Waals surface area (Å²) in [6.07, 6.45) is 6.87. The zero-order chi connectivity index (χ0) is 13.5. The molecule has 0 unspecified atom stereocenters. The van der Waals surface area contributed by atoms with E-state index in [-0.39, 0.29) is 5.60 Å². The average Bonchev–Trinajstić information content (AvgIpc) is 3.13. The van der Waals surface area contributed by atoms with Crippen molar-refractivity contribution in [3.63, 3.8) is 0 Å². The molecule has 19 heavy (non-hydrogen) atoms. The van der Waals surface area contributed by atoms with Gasteiger partial charge < -0.3 is 10.5 Å². The van der Waals surface area contributed by atoms with Crippen LogP contribution in [0.5, 0.6) is 0 Å². The topological polar surface area (TPSA) is 61.0 Å². The quantitative estimate of drug-likeness (QED) is 0.823. The maximum Gasteiger partial charge on any atom is 0.162 e. The molecule has 2 saturated carbocycles. The first-order valence-electron chi connectivity index (χ1n) is 7.13. The van der Waals surface area contributed by atoms with Crippen LogP contribution >= 0.6 is 22.6 Å². The van der Waals surface area contributed by atoms with E-state index in [2.05, 4.69) is 27.6 Å². The van der Waals surface area contributed by atoms with Crippen LogP contribution in [0.1, 0.15) is 62.9 Å². The molecule has 2 N–H and O–H groups in total. The van der Waals surface area contributed by atoms with Crippen LogP contribution in [-0.2, 0) is 10.3 Å². The molecular weight excluding hydrogens is 353 g/mol. The molecule has 1 heterocycles. The van der Waals surface area contributed by atoms with Gasteiger partial charge in [-0.1, -0.05) is 0 Å². The molecule has 0 saturated heterocycles. The number of nitrogens with zero attached hydrogens (tertiary/aromatic N) is 2. The largest absolute Gasteiger partial charge is 0.383 e. The van der Waals surface area contributed by atoms with Crippen LogP contribution in [0.15, 0.2) is 0 Å². The lowest BCUT2D eigenvalue weighted by Crippen LogP contribution is -2.30. The molecule has 0 atom stereocenters. The summed E-state index contributed by atoms with van der Waals surface area (Å²) in [6.45, 7) is 2.74. The summed E-state index contributed by atoms with van der Waals surface area (Å²) in [4.78, 5) is 9.39. The lowest BCUT2D eigenvalue weighted by molar-refractivity contribution is -0.0457. The van der Waals surface area contributed by atoms with Gasteiger partial charge in [0.15, 0.2) is 5.82 Å². The Labute approximate surface area is 127 Å². The number of nitrogen functional groups attached to an aromatic ring is 1. The average molecular weight is 373 g/mol. The number of aromatic nitrogens is 2. The Morgan fingerprint density at radius 3 is 2.58 bits per heavy atom. The number of nitrogens with two attached hydrogens (primary N) is 1. The monoisotopic (exact) mass is 373 g/mol. The second-order valence-corrected chi connectivity index (χ2v) is 6.62. The molecule has 2 aliphatic carbocycles. The van der Waals surface area contributed by atoms with Crippen molar-refractivity contribution >= 4 is 28.4 Å². The van der Waals surface area contributed by atoms with Crippen LogP contribution in [0.2, 0.25) is 0 Å². The summed E-state index contributed by atoms with van der Waals surface area (Å²) < 4.78 is 7.08. The lowest BCUT2D eigenvalue weighted by Gasteiger charge is -2.28. The van der Waals surface area contributed by atoms with Crippen molar-refractivity contribution in [3.8, 4) is 0 Å². The molecular formula is C14H20IN3O. The number of hydrogen-bond acceptors (Lipinski definition) is 4. The minimum absolute atomic E-state index is 0.281. The Morgan fingerprint density at radius 2 is 2.00 bits per heavy atom. The van der Waals surface area contributed by atoms with Gasteiger partial charge in [0.1, 0.15) is 11.4 Å². The Morgan fingerprint density at radius 1 is 1.32 bits per heavy atom. The zero-order valence-corrected chi connectivity index (χ0v) is 13.4. The second-order valence-electron chi connectivity index (χ2n) is 5.54. The Balaban J connectivity index is 2.03. The summed E-state index contributed by atoms with van der Waals surface area (Å²) in [5.74, 6) is 2.04. The molecule has 5 heteroatoms. The van der Waals surface area contributed by atoms with E-state index in [1.807, 2.05) is 6.92 Å². The van der Waals surface area contributed by atoms with Crippen molar-refractivity contribution in [2.45, 2.75) is 57.0 Å². The molecule has 0 radical (unpaired) electrons. The van der Waals surface area contributed by atoms with Gasteiger partial charge in [0, 0.05) is 12.5 Å². The van der Waals surface area contributed by atoms with Crippen molar-refractivity contribution < 1.29 is 4.74 Å². The van der Waals surface area contributed by atoms with E-state index in [1.54, 1.807) is 0 Å². The van der Waals surface area contributed by atoms with Crippen LogP contribution in [0.25, 0.3) is 0 Å². The fraction of sp³-hybridized carbons (Fsp3) is 0.714. The van der Waals surface area contributed by atoms with Crippen LogP contribution in [0.4, 0.5) is 5.82 Å². The molecule has 0 amide bonds. The van der Waals surface area contributed by atoms with Gasteiger partial charge in [-0.25, -0.2) is 9.97 Å². The first-order chi connectivity index (χ1) is 9.16. The summed E-state index contributed by atoms with van der Waals surface area (Å²) in [5.41, 5.74) is 6.96. The highest BCUT2D eigenvalue weighted by Gasteiger charge is 2.41. The van der Waals surface area contributed by atoms with Gasteiger partial charge in [-0.3, -0.25) is 0 Å². The third-order valence-electron chi connectivity index (χ3n) is 4.11. The molecule has 0 spiro atoms. The van der Waals surface area contributed by atoms with E-state index in [4.69, 9.17) is 15.5 Å². The van der Waals surface area contributed by atoms with Gasteiger partial charge in [-0.2, -0.15) is 0 Å². The van der Waals surface area contributed by atoms with E-state index in [0.29, 0.717) is 18.3 Å². The van der Waals surface area contributed by atoms with Gasteiger partial charge in [0.2, 0.25) is 0 Å². The zero-order valence-electron chi connectivity index (χ0n) is 11.3. The van der Waals surface area contributed by atoms with Crippen LogP contribution in [-0.4, -0.2) is 16.6 Å². The summed E-state index contributed by atoms with van der Waals surface area (Å²) in [6, 6.07) is 0. The first-order valence-corrected chi connectivity index (χ1v) is 8.21. The maximum atomic E-state index is 6.10. The molecule has 2 aliphatic rings. The second kappa shape index (κ2) is 5.16. The Hall–Kier alpha value is -0.430. The van der Waals surface area contributed by atoms with Crippen molar-refractivity contribution in [3.05, 3.63) is 15.1 Å². The van der Waals surface area contributed by atoms with E-state index in [1.165, 1.54) is 25.7 Å². The predicted molar refractivity (Wildman–Crippen MR) is 82.9 cm³/mol. The summed E-state index contributed by atoms with van der Waals surface area (Å²) in [7, 11) is 0. The van der Waals surface area contributed by atoms with E-state index >= 15 is 0 Å². The molecule has 0 bridgehead atoms. The highest BCUT2D eigenvalue weighted by Crippen LogP contribution is 2.45. The van der Waals surface area contributed by atoms with E-state index < -0.39 is 0 Å². The van der Waals surface area contributed by atoms with Crippen LogP contribution < -0.4 is 5.73 Å². The third-order valence-corrected chi connectivity index (χ3v) is 5.21. The Kier molecular flexibility index (Phi) is 3.68. The highest BCUT2D eigenvalue weighted by molar-refractivity contribution is 14.1. The molecule has 4 nitrogen and oxygen atoms in total. The molecule has 3 rings (SSSR count). The number of anilines is 1. The molecule has 2 fully saturated rings. The highest BCUT2D eigenvalue weighted by atomic mass is 127. The van der Waals surface area contributed by atoms with Crippen molar-refractivity contribution in [1.82, 2.24) is 9.97 Å². The number of hydrogen-bond donors (Lipinski definition) is 1. The van der Waals surface area contributed by atoms with Crippen LogP contribution in [0.3, 0.4) is 0 Å². The van der Waals surface area contributed by atoms with Gasteiger partial charge >= 0.3 is 0 Å². The number of rotatable bonds is 4. The maximum absolute atomic E-state index is 6.10. The standard InChI is InChI=1S/C14H20IN3O/c1-2-19-14(7-3-4-8-14)13-17-11(9-5-6-9)10(15)12(16)18-13/h9H,2-8H2,1H3,(H2,16,17,18). The molecule has 1 aromatic heterocycles. The fourth-order valence-electron chi connectivity index (χ4n) is 2.97. The Bertz CT molecular complexity index is 482. The SMILES string of the molecule is CCOC1(c2nc(N)c(I)c(C3CC3)n2)CCCC1. The molecule has 104 valence electrons. The fourth-order valence-corrected chi connectivity index (χ4v) is 3.65. The van der Waals surface area contributed by atoms with E-state index in [0.717, 1.165) is 27.9 Å². The molecule has 1 aromatic rings. The normalized spacial score (nSPS) is 21.8. The van der Waals surface area contributed by atoms with Gasteiger partial charge in [-0.05, 0) is 68.0 Å². The number of halogens is 1. The van der Waals surface area contributed by atoms with Crippen molar-refractivity contribution in [2.24, 2.45) is 0 Å². The van der Waals surface area contributed by atoms with Gasteiger partial charge in [0.05, 0.1) is 9.26 Å².